The number of hydrogen-bond donors (Lipinski definition) is 2. The van der Waals surface area contributed by atoms with Crippen molar-refractivity contribution in [1.82, 2.24) is 4.72 Å². The number of amides is 1. The van der Waals surface area contributed by atoms with Crippen molar-refractivity contribution in [2.24, 2.45) is 0 Å². The van der Waals surface area contributed by atoms with Gasteiger partial charge in [-0.3, -0.25) is 9.59 Å². The van der Waals surface area contributed by atoms with Crippen LogP contribution in [0.1, 0.15) is 24.8 Å². The second-order valence-corrected chi connectivity index (χ2v) is 9.98. The van der Waals surface area contributed by atoms with E-state index in [0.29, 0.717) is 6.54 Å². The van der Waals surface area contributed by atoms with Gasteiger partial charge < -0.3 is 10.0 Å². The molecule has 0 fully saturated rings. The molecule has 1 aliphatic heterocycles. The molecule has 0 aliphatic carbocycles. The lowest BCUT2D eigenvalue weighted by Gasteiger charge is -2.20. The van der Waals surface area contributed by atoms with Crippen molar-refractivity contribution in [2.45, 2.75) is 36.6 Å². The molecule has 1 unspecified atom stereocenters. The summed E-state index contributed by atoms with van der Waals surface area (Å²) in [6.07, 6.45) is 0.490. The summed E-state index contributed by atoms with van der Waals surface area (Å²) in [4.78, 5) is 25.9. The number of carboxylic acid groups (broad SMARTS) is 1. The molecule has 0 radical (unpaired) electrons. The normalized spacial score (nSPS) is 13.9. The van der Waals surface area contributed by atoms with Gasteiger partial charge in [-0.25, -0.2) is 13.1 Å². The van der Waals surface area contributed by atoms with E-state index in [2.05, 4.69) is 4.72 Å². The fraction of sp³-hybridized carbons (Fsp3) is 0.231. The minimum absolute atomic E-state index is 0.0434. The summed E-state index contributed by atoms with van der Waals surface area (Å²) in [5.41, 5.74) is 3.79. The van der Waals surface area contributed by atoms with Crippen molar-refractivity contribution in [2.75, 3.05) is 11.4 Å². The summed E-state index contributed by atoms with van der Waals surface area (Å²) in [6, 6.07) is 22.7. The topological polar surface area (TPSA) is 104 Å². The van der Waals surface area contributed by atoms with Crippen LogP contribution < -0.4 is 9.62 Å². The highest BCUT2D eigenvalue weighted by Crippen LogP contribution is 2.28. The van der Waals surface area contributed by atoms with Gasteiger partial charge >= 0.3 is 5.97 Å². The number of carbonyl (C=O) groups is 2. The first-order valence-electron chi connectivity index (χ1n) is 11.1. The van der Waals surface area contributed by atoms with E-state index in [1.165, 1.54) is 12.1 Å². The zero-order chi connectivity index (χ0) is 24.1. The molecule has 7 nitrogen and oxygen atoms in total. The molecule has 0 saturated carbocycles. The molecular formula is C26H26N2O5S. The highest BCUT2D eigenvalue weighted by Gasteiger charge is 2.27. The lowest BCUT2D eigenvalue weighted by Crippen LogP contribution is -2.38. The number of para-hydroxylation sites is 1. The Hall–Kier alpha value is -3.49. The largest absolute Gasteiger partial charge is 0.481 e. The first-order chi connectivity index (χ1) is 16.3. The maximum Gasteiger partial charge on any atom is 0.304 e. The van der Waals surface area contributed by atoms with Crippen molar-refractivity contribution >= 4 is 27.6 Å². The highest BCUT2D eigenvalue weighted by atomic mass is 32.2. The van der Waals surface area contributed by atoms with Crippen molar-refractivity contribution in [3.05, 3.63) is 84.4 Å². The van der Waals surface area contributed by atoms with Crippen LogP contribution in [0.3, 0.4) is 0 Å². The molecule has 4 rings (SSSR count). The molecule has 1 heterocycles. The predicted molar refractivity (Wildman–Crippen MR) is 130 cm³/mol. The molecule has 0 spiro atoms. The molecule has 34 heavy (non-hydrogen) atoms. The molecule has 0 aromatic heterocycles. The number of carbonyl (C=O) groups excluding carboxylic acids is 1. The number of fused-ring (bicyclic) bond motifs is 1. The lowest BCUT2D eigenvalue weighted by molar-refractivity contribution is -0.137. The number of rotatable bonds is 9. The molecule has 1 atom stereocenters. The Balaban J connectivity index is 1.43. The van der Waals surface area contributed by atoms with Crippen LogP contribution in [0.2, 0.25) is 0 Å². The first kappa shape index (κ1) is 23.7. The van der Waals surface area contributed by atoms with Crippen LogP contribution in [0, 0.1) is 0 Å². The molecule has 176 valence electrons. The Morgan fingerprint density at radius 2 is 1.56 bits per heavy atom. The predicted octanol–water partition coefficient (Wildman–Crippen LogP) is 3.84. The number of benzene rings is 3. The molecule has 1 amide bonds. The Bertz CT molecular complexity index is 1270. The average Bonchev–Trinajstić information content (AvgIpc) is 3.27. The van der Waals surface area contributed by atoms with Gasteiger partial charge in [-0.05, 0) is 47.7 Å². The second kappa shape index (κ2) is 10.2. The minimum atomic E-state index is -3.96. The summed E-state index contributed by atoms with van der Waals surface area (Å²) in [5, 5.41) is 9.29. The molecular weight excluding hydrogens is 452 g/mol. The Morgan fingerprint density at radius 3 is 2.26 bits per heavy atom. The van der Waals surface area contributed by atoms with Crippen molar-refractivity contribution in [3.8, 4) is 11.1 Å². The fourth-order valence-corrected chi connectivity index (χ4v) is 5.46. The second-order valence-electron chi connectivity index (χ2n) is 8.27. The highest BCUT2D eigenvalue weighted by molar-refractivity contribution is 7.89. The number of nitrogens with zero attached hydrogens (tertiary/aromatic N) is 1. The Morgan fingerprint density at radius 1 is 0.912 bits per heavy atom. The zero-order valence-corrected chi connectivity index (χ0v) is 19.4. The van der Waals surface area contributed by atoms with Gasteiger partial charge in [-0.2, -0.15) is 0 Å². The lowest BCUT2D eigenvalue weighted by atomic mass is 10.1. The average molecular weight is 479 g/mol. The number of anilines is 1. The van der Waals surface area contributed by atoms with E-state index in [1.807, 2.05) is 54.6 Å². The quantitative estimate of drug-likeness (QED) is 0.486. The van der Waals surface area contributed by atoms with E-state index in [9.17, 15) is 23.1 Å². The van der Waals surface area contributed by atoms with E-state index in [1.54, 1.807) is 17.0 Å². The first-order valence-corrected chi connectivity index (χ1v) is 12.6. The standard InChI is InChI=1S/C26H26N2O5S/c29-25(28-17-16-21-8-4-5-9-24(21)28)15-12-22(18-26(30)31)27-34(32,33)23-13-10-20(11-14-23)19-6-2-1-3-7-19/h1-11,13-14,22,27H,12,15-18H2,(H,30,31). The molecule has 2 N–H and O–H groups in total. The van der Waals surface area contributed by atoms with Crippen molar-refractivity contribution < 1.29 is 23.1 Å². The van der Waals surface area contributed by atoms with Gasteiger partial charge in [0.05, 0.1) is 11.3 Å². The number of nitrogens with one attached hydrogen (secondary N) is 1. The van der Waals surface area contributed by atoms with Gasteiger partial charge in [-0.15, -0.1) is 0 Å². The van der Waals surface area contributed by atoms with Crippen LogP contribution >= 0.6 is 0 Å². The Kier molecular flexibility index (Phi) is 7.09. The third-order valence-corrected chi connectivity index (χ3v) is 7.45. The van der Waals surface area contributed by atoms with Crippen LogP contribution in [0.4, 0.5) is 5.69 Å². The van der Waals surface area contributed by atoms with Crippen LogP contribution in [0.5, 0.6) is 0 Å². The molecule has 0 saturated heterocycles. The van der Waals surface area contributed by atoms with Crippen LogP contribution in [0.15, 0.2) is 83.8 Å². The monoisotopic (exact) mass is 478 g/mol. The van der Waals surface area contributed by atoms with Gasteiger partial charge in [0.25, 0.3) is 0 Å². The van der Waals surface area contributed by atoms with Crippen LogP contribution in [-0.2, 0) is 26.0 Å². The molecule has 3 aromatic rings. The summed E-state index contributed by atoms with van der Waals surface area (Å²) in [7, 11) is -3.96. The van der Waals surface area contributed by atoms with Gasteiger partial charge in [-0.1, -0.05) is 60.7 Å². The van der Waals surface area contributed by atoms with Gasteiger partial charge in [0.15, 0.2) is 0 Å². The van der Waals surface area contributed by atoms with Crippen LogP contribution in [-0.4, -0.2) is 38.0 Å². The molecule has 1 aliphatic rings. The van der Waals surface area contributed by atoms with Crippen molar-refractivity contribution in [3.63, 3.8) is 0 Å². The van der Waals surface area contributed by atoms with E-state index >= 15 is 0 Å². The summed E-state index contributed by atoms with van der Waals surface area (Å²) < 4.78 is 28.4. The maximum absolute atomic E-state index is 12.9. The van der Waals surface area contributed by atoms with Crippen molar-refractivity contribution in [1.29, 1.82) is 0 Å². The van der Waals surface area contributed by atoms with Crippen LogP contribution in [0.25, 0.3) is 11.1 Å². The summed E-state index contributed by atoms with van der Waals surface area (Å²) in [6.45, 7) is 0.571. The molecule has 3 aromatic carbocycles. The van der Waals surface area contributed by atoms with E-state index in [4.69, 9.17) is 0 Å². The SMILES string of the molecule is O=C(O)CC(CCC(=O)N1CCc2ccccc21)NS(=O)(=O)c1ccc(-c2ccccc2)cc1. The number of hydrogen-bond acceptors (Lipinski definition) is 4. The fourth-order valence-electron chi connectivity index (χ4n) is 4.19. The van der Waals surface area contributed by atoms with E-state index in [-0.39, 0.29) is 23.6 Å². The number of aliphatic carboxylic acids is 1. The Labute approximate surface area is 199 Å². The summed E-state index contributed by atoms with van der Waals surface area (Å²) >= 11 is 0. The number of sulfonamides is 1. The number of carboxylic acids is 1. The summed E-state index contributed by atoms with van der Waals surface area (Å²) in [5.74, 6) is -1.28. The van der Waals surface area contributed by atoms with Gasteiger partial charge in [0, 0.05) is 24.7 Å². The zero-order valence-electron chi connectivity index (χ0n) is 18.6. The third-order valence-electron chi connectivity index (χ3n) is 5.91. The minimum Gasteiger partial charge on any atom is -0.481 e. The molecule has 8 heteroatoms. The smallest absolute Gasteiger partial charge is 0.304 e. The maximum atomic E-state index is 12.9. The van der Waals surface area contributed by atoms with E-state index in [0.717, 1.165) is 28.8 Å². The third kappa shape index (κ3) is 5.52. The molecule has 0 bridgehead atoms. The van der Waals surface area contributed by atoms with Gasteiger partial charge in [0.1, 0.15) is 0 Å². The van der Waals surface area contributed by atoms with Gasteiger partial charge in [0.2, 0.25) is 15.9 Å². The van der Waals surface area contributed by atoms with E-state index < -0.39 is 28.5 Å².